The summed E-state index contributed by atoms with van der Waals surface area (Å²) in [5.41, 5.74) is 0. The molecule has 0 rings (SSSR count). The van der Waals surface area contributed by atoms with E-state index in [9.17, 15) is 9.59 Å². The van der Waals surface area contributed by atoms with Crippen molar-refractivity contribution in [3.8, 4) is 0 Å². The molecule has 0 aliphatic carbocycles. The molecule has 1 amide bonds. The first kappa shape index (κ1) is 9.90. The van der Waals surface area contributed by atoms with E-state index in [4.69, 9.17) is 5.11 Å². The zero-order valence-corrected chi connectivity index (χ0v) is 6.46. The molecule has 0 saturated heterocycles. The molecule has 0 radical (unpaired) electrons. The second-order valence-corrected chi connectivity index (χ2v) is 1.96. The number of rotatable bonds is 3. The lowest BCUT2D eigenvalue weighted by Crippen LogP contribution is -2.42. The highest BCUT2D eigenvalue weighted by Gasteiger charge is 2.17. The maximum atomic E-state index is 10.7. The first-order chi connectivity index (χ1) is 5.11. The summed E-state index contributed by atoms with van der Waals surface area (Å²) >= 11 is 0. The molecular weight excluding hydrogens is 150 g/mol. The standard InChI is InChI=1S/C6H11NO4/c1-4(9)7-5(3-8)6(10)11-2/h5,8H,3H2,1-2H3,(H,7,9)/t5-/m0/s1. The van der Waals surface area contributed by atoms with Crippen molar-refractivity contribution < 1.29 is 19.4 Å². The third kappa shape index (κ3) is 3.57. The van der Waals surface area contributed by atoms with Crippen molar-refractivity contribution in [2.24, 2.45) is 0 Å². The highest BCUT2D eigenvalue weighted by molar-refractivity contribution is 5.83. The summed E-state index contributed by atoms with van der Waals surface area (Å²) < 4.78 is 4.29. The third-order valence-corrected chi connectivity index (χ3v) is 1.05. The molecule has 2 N–H and O–H groups in total. The van der Waals surface area contributed by atoms with Gasteiger partial charge in [0.25, 0.3) is 0 Å². The summed E-state index contributed by atoms with van der Waals surface area (Å²) in [5, 5.41) is 10.8. The van der Waals surface area contributed by atoms with E-state index in [2.05, 4.69) is 10.1 Å². The van der Waals surface area contributed by atoms with Gasteiger partial charge in [-0.05, 0) is 0 Å². The van der Waals surface area contributed by atoms with Crippen molar-refractivity contribution in [1.82, 2.24) is 5.32 Å². The van der Waals surface area contributed by atoms with Crippen LogP contribution in [0, 0.1) is 0 Å². The fourth-order valence-electron chi connectivity index (χ4n) is 0.567. The first-order valence-corrected chi connectivity index (χ1v) is 3.07. The van der Waals surface area contributed by atoms with E-state index in [0.29, 0.717) is 0 Å². The number of aliphatic hydroxyl groups excluding tert-OH is 1. The lowest BCUT2D eigenvalue weighted by molar-refractivity contribution is -0.145. The number of methoxy groups -OCH3 is 1. The minimum atomic E-state index is -0.947. The van der Waals surface area contributed by atoms with Gasteiger partial charge >= 0.3 is 5.97 Å². The Kier molecular flexibility index (Phi) is 4.21. The molecule has 0 aromatic carbocycles. The van der Waals surface area contributed by atoms with Crippen molar-refractivity contribution in [2.75, 3.05) is 13.7 Å². The first-order valence-electron chi connectivity index (χ1n) is 3.07. The van der Waals surface area contributed by atoms with E-state index in [0.717, 1.165) is 0 Å². The number of amides is 1. The molecule has 0 aliphatic rings. The zero-order valence-electron chi connectivity index (χ0n) is 6.46. The molecule has 64 valence electrons. The molecule has 0 saturated carbocycles. The van der Waals surface area contributed by atoms with Gasteiger partial charge < -0.3 is 15.2 Å². The van der Waals surface area contributed by atoms with Crippen LogP contribution in [0.4, 0.5) is 0 Å². The Labute approximate surface area is 64.3 Å². The summed E-state index contributed by atoms with van der Waals surface area (Å²) in [5.74, 6) is -1.03. The van der Waals surface area contributed by atoms with Gasteiger partial charge in [0.2, 0.25) is 5.91 Å². The van der Waals surface area contributed by atoms with Crippen LogP contribution in [0.5, 0.6) is 0 Å². The molecule has 5 nitrogen and oxygen atoms in total. The highest BCUT2D eigenvalue weighted by Crippen LogP contribution is 1.85. The number of nitrogens with one attached hydrogen (secondary N) is 1. The molecule has 11 heavy (non-hydrogen) atoms. The van der Waals surface area contributed by atoms with E-state index in [1.807, 2.05) is 0 Å². The van der Waals surface area contributed by atoms with Gasteiger partial charge in [-0.1, -0.05) is 0 Å². The van der Waals surface area contributed by atoms with Crippen LogP contribution in [-0.4, -0.2) is 36.7 Å². The Morgan fingerprint density at radius 3 is 2.45 bits per heavy atom. The average molecular weight is 161 g/mol. The van der Waals surface area contributed by atoms with Crippen LogP contribution < -0.4 is 5.32 Å². The fourth-order valence-corrected chi connectivity index (χ4v) is 0.567. The molecule has 0 fully saturated rings. The van der Waals surface area contributed by atoms with Gasteiger partial charge in [-0.15, -0.1) is 0 Å². The fraction of sp³-hybridized carbons (Fsp3) is 0.667. The molecule has 0 aliphatic heterocycles. The molecule has 0 aromatic heterocycles. The second kappa shape index (κ2) is 4.68. The largest absolute Gasteiger partial charge is 0.467 e. The topological polar surface area (TPSA) is 75.6 Å². The van der Waals surface area contributed by atoms with E-state index in [1.54, 1.807) is 0 Å². The van der Waals surface area contributed by atoms with Gasteiger partial charge in [0.1, 0.15) is 0 Å². The molecule has 1 atom stereocenters. The average Bonchev–Trinajstić information content (AvgIpc) is 1.98. The monoisotopic (exact) mass is 161 g/mol. The molecule has 0 bridgehead atoms. The number of hydrogen-bond donors (Lipinski definition) is 2. The van der Waals surface area contributed by atoms with Crippen LogP contribution in [0.2, 0.25) is 0 Å². The Morgan fingerprint density at radius 1 is 1.64 bits per heavy atom. The minimum absolute atomic E-state index is 0.380. The van der Waals surface area contributed by atoms with Crippen molar-refractivity contribution >= 4 is 11.9 Å². The van der Waals surface area contributed by atoms with Crippen LogP contribution in [0.15, 0.2) is 0 Å². The van der Waals surface area contributed by atoms with Crippen molar-refractivity contribution in [1.29, 1.82) is 0 Å². The number of carbonyl (C=O) groups is 2. The SMILES string of the molecule is COC(=O)[C@H](CO)NC(C)=O. The lowest BCUT2D eigenvalue weighted by atomic mass is 10.3. The van der Waals surface area contributed by atoms with Crippen LogP contribution in [0.3, 0.4) is 0 Å². The van der Waals surface area contributed by atoms with Crippen LogP contribution in [0.1, 0.15) is 6.92 Å². The van der Waals surface area contributed by atoms with Crippen molar-refractivity contribution in [2.45, 2.75) is 13.0 Å². The van der Waals surface area contributed by atoms with Crippen LogP contribution >= 0.6 is 0 Å². The van der Waals surface area contributed by atoms with E-state index < -0.39 is 18.6 Å². The van der Waals surface area contributed by atoms with Gasteiger partial charge in [0.15, 0.2) is 6.04 Å². The maximum Gasteiger partial charge on any atom is 0.330 e. The summed E-state index contributed by atoms with van der Waals surface area (Å²) in [4.78, 5) is 21.1. The van der Waals surface area contributed by atoms with Gasteiger partial charge in [-0.3, -0.25) is 4.79 Å². The molecule has 0 spiro atoms. The van der Waals surface area contributed by atoms with E-state index >= 15 is 0 Å². The molecular formula is C6H11NO4. The van der Waals surface area contributed by atoms with Gasteiger partial charge in [0, 0.05) is 6.92 Å². The summed E-state index contributed by atoms with van der Waals surface area (Å²) in [7, 11) is 1.19. The quantitative estimate of drug-likeness (QED) is 0.502. The second-order valence-electron chi connectivity index (χ2n) is 1.96. The Morgan fingerprint density at radius 2 is 2.18 bits per heavy atom. The summed E-state index contributed by atoms with van der Waals surface area (Å²) in [6.07, 6.45) is 0. The number of hydrogen-bond acceptors (Lipinski definition) is 4. The number of aliphatic hydroxyl groups is 1. The molecule has 0 aromatic rings. The molecule has 0 unspecified atom stereocenters. The van der Waals surface area contributed by atoms with Gasteiger partial charge in [0.05, 0.1) is 13.7 Å². The smallest absolute Gasteiger partial charge is 0.330 e. The summed E-state index contributed by atoms with van der Waals surface area (Å²) in [6, 6.07) is -0.947. The lowest BCUT2D eigenvalue weighted by Gasteiger charge is -2.11. The molecule has 5 heteroatoms. The summed E-state index contributed by atoms with van der Waals surface area (Å²) in [6.45, 7) is 0.803. The number of carbonyl (C=O) groups excluding carboxylic acids is 2. The van der Waals surface area contributed by atoms with E-state index in [-0.39, 0.29) is 5.91 Å². The number of ether oxygens (including phenoxy) is 1. The van der Waals surface area contributed by atoms with Crippen molar-refractivity contribution in [3.63, 3.8) is 0 Å². The predicted octanol–water partition coefficient (Wildman–Crippen LogP) is -1.34. The van der Waals surface area contributed by atoms with E-state index in [1.165, 1.54) is 14.0 Å². The number of esters is 1. The predicted molar refractivity (Wildman–Crippen MR) is 36.7 cm³/mol. The normalized spacial score (nSPS) is 11.9. The van der Waals surface area contributed by atoms with Gasteiger partial charge in [-0.2, -0.15) is 0 Å². The van der Waals surface area contributed by atoms with Crippen LogP contribution in [0.25, 0.3) is 0 Å². The maximum absolute atomic E-state index is 10.7. The zero-order chi connectivity index (χ0) is 8.85. The Hall–Kier alpha value is -1.10. The minimum Gasteiger partial charge on any atom is -0.467 e. The highest BCUT2D eigenvalue weighted by atomic mass is 16.5. The Balaban J connectivity index is 3.94. The Bertz CT molecular complexity index is 157. The third-order valence-electron chi connectivity index (χ3n) is 1.05. The molecule has 0 heterocycles. The van der Waals surface area contributed by atoms with Crippen molar-refractivity contribution in [3.05, 3.63) is 0 Å². The van der Waals surface area contributed by atoms with Gasteiger partial charge in [-0.25, -0.2) is 4.79 Å². The van der Waals surface area contributed by atoms with Crippen LogP contribution in [-0.2, 0) is 14.3 Å².